The molecule has 0 aliphatic carbocycles. The molecule has 0 aliphatic rings. The summed E-state index contributed by atoms with van der Waals surface area (Å²) in [6.07, 6.45) is 9.82. The molecule has 0 bridgehead atoms. The van der Waals surface area contributed by atoms with Crippen molar-refractivity contribution in [3.63, 3.8) is 0 Å². The number of nitrogens with two attached hydrogens (primary N) is 1. The molecule has 3 aromatic heterocycles. The Balaban J connectivity index is 1.26. The van der Waals surface area contributed by atoms with Gasteiger partial charge < -0.3 is 10.5 Å². The first kappa shape index (κ1) is 19.2. The quantitative estimate of drug-likeness (QED) is 0.439. The highest BCUT2D eigenvalue weighted by Crippen LogP contribution is 2.26. The van der Waals surface area contributed by atoms with Crippen LogP contribution in [0, 0.1) is 0 Å². The van der Waals surface area contributed by atoms with Gasteiger partial charge in [-0.25, -0.2) is 0 Å². The smallest absolute Gasteiger partial charge is 0.138 e. The number of aromatic nitrogens is 3. The summed E-state index contributed by atoms with van der Waals surface area (Å²) >= 11 is 0. The molecular weight excluding hydrogens is 384 g/mol. The van der Waals surface area contributed by atoms with Gasteiger partial charge in [0.2, 0.25) is 0 Å². The largest absolute Gasteiger partial charge is 0.490 e. The van der Waals surface area contributed by atoms with Crippen molar-refractivity contribution in [1.29, 1.82) is 0 Å². The van der Waals surface area contributed by atoms with Gasteiger partial charge in [-0.1, -0.05) is 30.3 Å². The summed E-state index contributed by atoms with van der Waals surface area (Å²) in [5.74, 6) is 0.708. The number of hydrogen-bond donors (Lipinski definition) is 1. The van der Waals surface area contributed by atoms with E-state index in [0.717, 1.165) is 38.4 Å². The van der Waals surface area contributed by atoms with E-state index in [0.29, 0.717) is 18.8 Å². The first-order chi connectivity index (χ1) is 15.2. The number of pyridine rings is 3. The first-order valence-electron chi connectivity index (χ1n) is 10.3. The van der Waals surface area contributed by atoms with E-state index >= 15 is 0 Å². The topological polar surface area (TPSA) is 73.9 Å². The lowest BCUT2D eigenvalue weighted by Gasteiger charge is -2.14. The zero-order valence-corrected chi connectivity index (χ0v) is 17.0. The summed E-state index contributed by atoms with van der Waals surface area (Å²) in [4.78, 5) is 13.0. The summed E-state index contributed by atoms with van der Waals surface area (Å²) in [5.41, 5.74) is 10.5. The second kappa shape index (κ2) is 8.50. The van der Waals surface area contributed by atoms with Crippen LogP contribution >= 0.6 is 0 Å². The normalized spacial score (nSPS) is 12.2. The Morgan fingerprint density at radius 3 is 2.68 bits per heavy atom. The first-order valence-corrected chi connectivity index (χ1v) is 10.3. The predicted octanol–water partition coefficient (Wildman–Crippen LogP) is 4.79. The highest BCUT2D eigenvalue weighted by molar-refractivity contribution is 5.86. The van der Waals surface area contributed by atoms with Crippen LogP contribution in [-0.2, 0) is 6.42 Å². The molecule has 0 saturated heterocycles. The maximum absolute atomic E-state index is 6.33. The van der Waals surface area contributed by atoms with E-state index in [1.54, 1.807) is 12.4 Å². The third-order valence-electron chi connectivity index (χ3n) is 5.30. The fourth-order valence-corrected chi connectivity index (χ4v) is 3.71. The molecule has 152 valence electrons. The van der Waals surface area contributed by atoms with Gasteiger partial charge in [-0.2, -0.15) is 0 Å². The number of benzene rings is 2. The van der Waals surface area contributed by atoms with Gasteiger partial charge in [0.05, 0.1) is 11.7 Å². The molecule has 5 aromatic rings. The Hall–Kier alpha value is -3.83. The third-order valence-corrected chi connectivity index (χ3v) is 5.30. The Kier molecular flexibility index (Phi) is 5.25. The number of para-hydroxylation sites is 1. The van der Waals surface area contributed by atoms with Crippen LogP contribution in [0.5, 0.6) is 5.75 Å². The molecule has 0 saturated carbocycles. The molecule has 1 atom stereocenters. The predicted molar refractivity (Wildman–Crippen MR) is 124 cm³/mol. The van der Waals surface area contributed by atoms with E-state index in [1.807, 2.05) is 48.9 Å². The maximum atomic E-state index is 6.33. The lowest BCUT2D eigenvalue weighted by atomic mass is 10.0. The molecule has 3 heterocycles. The number of ether oxygens (including phenoxy) is 1. The number of nitrogens with zero attached hydrogens (tertiary/aromatic N) is 3. The van der Waals surface area contributed by atoms with E-state index in [2.05, 4.69) is 45.3 Å². The van der Waals surface area contributed by atoms with Crippen molar-refractivity contribution < 1.29 is 4.74 Å². The van der Waals surface area contributed by atoms with Crippen LogP contribution in [0.25, 0.3) is 32.8 Å². The van der Waals surface area contributed by atoms with Crippen LogP contribution in [0.4, 0.5) is 0 Å². The van der Waals surface area contributed by atoms with Crippen molar-refractivity contribution in [2.24, 2.45) is 5.73 Å². The van der Waals surface area contributed by atoms with Gasteiger partial charge >= 0.3 is 0 Å². The molecule has 0 aliphatic heterocycles. The van der Waals surface area contributed by atoms with Crippen molar-refractivity contribution >= 4 is 21.7 Å². The third kappa shape index (κ3) is 4.37. The zero-order chi connectivity index (χ0) is 21.0. The Morgan fingerprint density at radius 1 is 0.774 bits per heavy atom. The summed E-state index contributed by atoms with van der Waals surface area (Å²) in [6, 6.07) is 20.4. The lowest BCUT2D eigenvalue weighted by molar-refractivity contribution is 0.286. The molecular formula is C26H22N4O. The standard InChI is InChI=1S/C26H22N4O/c27-24(10-18-9-21-3-1-2-4-26(21)30-13-18)17-31-25-12-23(15-29-16-25)19-5-6-22-14-28-8-7-20(22)11-19/h1-9,11-16,24H,10,17,27H2/t24-/m0/s1. The maximum Gasteiger partial charge on any atom is 0.138 e. The fraction of sp³-hybridized carbons (Fsp3) is 0.115. The molecule has 0 amide bonds. The summed E-state index contributed by atoms with van der Waals surface area (Å²) in [6.45, 7) is 0.404. The number of rotatable bonds is 6. The van der Waals surface area contributed by atoms with E-state index in [4.69, 9.17) is 10.5 Å². The molecule has 0 unspecified atom stereocenters. The van der Waals surface area contributed by atoms with Crippen molar-refractivity contribution in [2.75, 3.05) is 6.61 Å². The molecule has 5 nitrogen and oxygen atoms in total. The Bertz CT molecular complexity index is 1350. The highest BCUT2D eigenvalue weighted by Gasteiger charge is 2.08. The van der Waals surface area contributed by atoms with Crippen LogP contribution in [-0.4, -0.2) is 27.6 Å². The van der Waals surface area contributed by atoms with Crippen molar-refractivity contribution in [2.45, 2.75) is 12.5 Å². The van der Waals surface area contributed by atoms with Crippen LogP contribution < -0.4 is 10.5 Å². The molecule has 0 radical (unpaired) electrons. The molecule has 5 heteroatoms. The summed E-state index contributed by atoms with van der Waals surface area (Å²) in [7, 11) is 0. The van der Waals surface area contributed by atoms with E-state index in [9.17, 15) is 0 Å². The van der Waals surface area contributed by atoms with Gasteiger partial charge in [0, 0.05) is 47.2 Å². The average molecular weight is 406 g/mol. The van der Waals surface area contributed by atoms with Crippen LogP contribution in [0.2, 0.25) is 0 Å². The monoisotopic (exact) mass is 406 g/mol. The Morgan fingerprint density at radius 2 is 1.71 bits per heavy atom. The number of hydrogen-bond acceptors (Lipinski definition) is 5. The van der Waals surface area contributed by atoms with E-state index in [-0.39, 0.29) is 6.04 Å². The van der Waals surface area contributed by atoms with Gasteiger partial charge in [0.15, 0.2) is 0 Å². The molecule has 0 spiro atoms. The molecule has 5 rings (SSSR count). The summed E-state index contributed by atoms with van der Waals surface area (Å²) in [5, 5.41) is 3.38. The Labute approximate surface area is 180 Å². The van der Waals surface area contributed by atoms with E-state index in [1.165, 1.54) is 0 Å². The second-order valence-electron chi connectivity index (χ2n) is 7.66. The highest BCUT2D eigenvalue weighted by atomic mass is 16.5. The molecule has 2 N–H and O–H groups in total. The van der Waals surface area contributed by atoms with Crippen molar-refractivity contribution in [3.8, 4) is 16.9 Å². The molecule has 0 fully saturated rings. The van der Waals surface area contributed by atoms with Crippen molar-refractivity contribution in [3.05, 3.63) is 97.2 Å². The van der Waals surface area contributed by atoms with Crippen LogP contribution in [0.1, 0.15) is 5.56 Å². The average Bonchev–Trinajstić information content (AvgIpc) is 2.82. The van der Waals surface area contributed by atoms with Crippen LogP contribution in [0.15, 0.2) is 91.6 Å². The zero-order valence-electron chi connectivity index (χ0n) is 17.0. The van der Waals surface area contributed by atoms with Gasteiger partial charge in [-0.05, 0) is 53.3 Å². The van der Waals surface area contributed by atoms with Crippen LogP contribution in [0.3, 0.4) is 0 Å². The molecule has 2 aromatic carbocycles. The van der Waals surface area contributed by atoms with Gasteiger partial charge in [-0.3, -0.25) is 15.0 Å². The number of fused-ring (bicyclic) bond motifs is 2. The van der Waals surface area contributed by atoms with Gasteiger partial charge in [-0.15, -0.1) is 0 Å². The van der Waals surface area contributed by atoms with Gasteiger partial charge in [0.25, 0.3) is 0 Å². The fourth-order valence-electron chi connectivity index (χ4n) is 3.71. The second-order valence-corrected chi connectivity index (χ2v) is 7.66. The SMILES string of the molecule is N[C@H](COc1cncc(-c2ccc3cnccc3c2)c1)Cc1cnc2ccccc2c1. The van der Waals surface area contributed by atoms with Crippen molar-refractivity contribution in [1.82, 2.24) is 15.0 Å². The minimum Gasteiger partial charge on any atom is -0.490 e. The molecule has 31 heavy (non-hydrogen) atoms. The van der Waals surface area contributed by atoms with E-state index < -0.39 is 0 Å². The lowest BCUT2D eigenvalue weighted by Crippen LogP contribution is -2.30. The summed E-state index contributed by atoms with van der Waals surface area (Å²) < 4.78 is 5.96. The minimum absolute atomic E-state index is 0.139. The minimum atomic E-state index is -0.139. The van der Waals surface area contributed by atoms with Gasteiger partial charge in [0.1, 0.15) is 12.4 Å².